The van der Waals surface area contributed by atoms with Crippen LogP contribution in [0.5, 0.6) is 0 Å². The van der Waals surface area contributed by atoms with Crippen LogP contribution < -0.4 is 16.2 Å². The molecule has 2 atom stereocenters. The largest absolute Gasteiger partial charge is 0.325 e. The number of aromatic nitrogens is 1. The summed E-state index contributed by atoms with van der Waals surface area (Å²) in [6.45, 7) is 3.33. The number of nitrogens with one attached hydrogen (secondary N) is 2. The third kappa shape index (κ3) is 3.00. The Morgan fingerprint density at radius 2 is 2.08 bits per heavy atom. The number of carbonyl (C=O) groups is 3. The molecule has 4 amide bonds. The molecule has 26 heavy (non-hydrogen) atoms. The zero-order chi connectivity index (χ0) is 19.1. The second kappa shape index (κ2) is 6.59. The Kier molecular flexibility index (Phi) is 4.60. The first-order chi connectivity index (χ1) is 12.2. The molecule has 3 rings (SSSR count). The smallest absolute Gasteiger partial charge is 0.323 e. The fraction of sp³-hybridized carbons (Fsp3) is 0.556. The molecule has 1 spiro atoms. The topological polar surface area (TPSA) is 101 Å². The number of hydrogen-bond acceptors (Lipinski definition) is 4. The Morgan fingerprint density at radius 1 is 1.35 bits per heavy atom. The first-order valence-electron chi connectivity index (χ1n) is 8.86. The van der Waals surface area contributed by atoms with E-state index in [9.17, 15) is 19.2 Å². The van der Waals surface area contributed by atoms with Crippen molar-refractivity contribution in [1.29, 1.82) is 0 Å². The summed E-state index contributed by atoms with van der Waals surface area (Å²) in [5, 5.41) is 5.50. The molecule has 1 saturated carbocycles. The Bertz CT molecular complexity index is 831. The number of aryl methyl sites for hydroxylation is 2. The number of carbonyl (C=O) groups excluding carboxylic acids is 3. The maximum Gasteiger partial charge on any atom is 0.325 e. The van der Waals surface area contributed by atoms with E-state index < -0.39 is 17.5 Å². The van der Waals surface area contributed by atoms with E-state index in [4.69, 9.17) is 0 Å². The Morgan fingerprint density at radius 3 is 2.77 bits per heavy atom. The quantitative estimate of drug-likeness (QED) is 0.789. The lowest BCUT2D eigenvalue weighted by Gasteiger charge is -2.36. The van der Waals surface area contributed by atoms with Gasteiger partial charge in [0.05, 0.1) is 5.69 Å². The summed E-state index contributed by atoms with van der Waals surface area (Å²) in [6.07, 6.45) is 4.93. The van der Waals surface area contributed by atoms with Gasteiger partial charge >= 0.3 is 6.03 Å². The van der Waals surface area contributed by atoms with Crippen LogP contribution in [0.1, 0.15) is 38.2 Å². The van der Waals surface area contributed by atoms with E-state index in [0.29, 0.717) is 17.7 Å². The lowest BCUT2D eigenvalue weighted by Crippen LogP contribution is -2.54. The normalized spacial score (nSPS) is 25.5. The number of urea groups is 1. The Balaban J connectivity index is 1.73. The van der Waals surface area contributed by atoms with Crippen molar-refractivity contribution in [2.24, 2.45) is 13.0 Å². The van der Waals surface area contributed by atoms with Crippen LogP contribution in [0.15, 0.2) is 17.1 Å². The van der Waals surface area contributed by atoms with Gasteiger partial charge in [-0.05, 0) is 31.2 Å². The fourth-order valence-corrected chi connectivity index (χ4v) is 3.83. The van der Waals surface area contributed by atoms with Gasteiger partial charge in [-0.3, -0.25) is 19.3 Å². The number of anilines is 1. The van der Waals surface area contributed by atoms with Crippen molar-refractivity contribution in [2.75, 3.05) is 11.9 Å². The average molecular weight is 360 g/mol. The predicted octanol–water partition coefficient (Wildman–Crippen LogP) is 1.13. The summed E-state index contributed by atoms with van der Waals surface area (Å²) in [5.41, 5.74) is 0.0473. The molecule has 2 aliphatic rings. The average Bonchev–Trinajstić information content (AvgIpc) is 2.80. The van der Waals surface area contributed by atoms with Crippen molar-refractivity contribution < 1.29 is 14.4 Å². The molecule has 1 aromatic rings. The molecule has 0 radical (unpaired) electrons. The lowest BCUT2D eigenvalue weighted by atomic mass is 9.73. The second-order valence-electron chi connectivity index (χ2n) is 7.31. The number of amides is 4. The predicted molar refractivity (Wildman–Crippen MR) is 95.7 cm³/mol. The van der Waals surface area contributed by atoms with Gasteiger partial charge in [-0.1, -0.05) is 19.8 Å². The first kappa shape index (κ1) is 18.2. The van der Waals surface area contributed by atoms with E-state index >= 15 is 0 Å². The van der Waals surface area contributed by atoms with Crippen molar-refractivity contribution in [1.82, 2.24) is 14.8 Å². The van der Waals surface area contributed by atoms with E-state index in [1.165, 1.54) is 16.8 Å². The van der Waals surface area contributed by atoms with Crippen molar-refractivity contribution in [2.45, 2.75) is 45.1 Å². The third-order valence-corrected chi connectivity index (χ3v) is 5.51. The van der Waals surface area contributed by atoms with Crippen molar-refractivity contribution in [3.63, 3.8) is 0 Å². The summed E-state index contributed by atoms with van der Waals surface area (Å²) in [4.78, 5) is 50.2. The van der Waals surface area contributed by atoms with E-state index in [1.807, 2.05) is 6.92 Å². The van der Waals surface area contributed by atoms with Crippen molar-refractivity contribution in [3.05, 3.63) is 28.2 Å². The highest BCUT2D eigenvalue weighted by Crippen LogP contribution is 2.38. The summed E-state index contributed by atoms with van der Waals surface area (Å²) in [5.74, 6) is -0.746. The first-order valence-corrected chi connectivity index (χ1v) is 8.86. The number of nitrogens with zero attached hydrogens (tertiary/aromatic N) is 2. The minimum atomic E-state index is -0.873. The Hall–Kier alpha value is -2.64. The van der Waals surface area contributed by atoms with Gasteiger partial charge in [0, 0.05) is 19.3 Å². The number of rotatable bonds is 3. The second-order valence-corrected chi connectivity index (χ2v) is 7.31. The molecule has 0 unspecified atom stereocenters. The monoisotopic (exact) mass is 360 g/mol. The van der Waals surface area contributed by atoms with Gasteiger partial charge in [-0.2, -0.15) is 0 Å². The summed E-state index contributed by atoms with van der Waals surface area (Å²) in [7, 11) is 1.59. The highest BCUT2D eigenvalue weighted by atomic mass is 16.2. The van der Waals surface area contributed by atoms with Gasteiger partial charge in [0.1, 0.15) is 12.1 Å². The van der Waals surface area contributed by atoms with Crippen LogP contribution in [0.2, 0.25) is 0 Å². The van der Waals surface area contributed by atoms with Crippen LogP contribution >= 0.6 is 0 Å². The number of pyridine rings is 1. The van der Waals surface area contributed by atoms with Gasteiger partial charge in [-0.25, -0.2) is 4.79 Å². The maximum atomic E-state index is 12.9. The van der Waals surface area contributed by atoms with Gasteiger partial charge < -0.3 is 15.2 Å². The fourth-order valence-electron chi connectivity index (χ4n) is 3.83. The molecule has 8 heteroatoms. The Labute approximate surface area is 151 Å². The molecule has 0 aromatic carbocycles. The molecule has 8 nitrogen and oxygen atoms in total. The molecular formula is C18H24N4O4. The summed E-state index contributed by atoms with van der Waals surface area (Å²) >= 11 is 0. The standard InChI is InChI=1S/C18H24N4O4/c1-11-8-15(24)21(3)9-13(11)19-14(23)10-22-16(25)18(20-17(22)26)7-5-4-6-12(18)2/h8-9,12H,4-7,10H2,1-3H3,(H,19,23)(H,20,26)/t12-,18-/m1/s1. The van der Waals surface area contributed by atoms with E-state index in [1.54, 1.807) is 14.0 Å². The third-order valence-electron chi connectivity index (χ3n) is 5.51. The summed E-state index contributed by atoms with van der Waals surface area (Å²) < 4.78 is 1.36. The van der Waals surface area contributed by atoms with Gasteiger partial charge in [0.15, 0.2) is 0 Å². The van der Waals surface area contributed by atoms with Crippen molar-refractivity contribution >= 4 is 23.5 Å². The van der Waals surface area contributed by atoms with Crippen LogP contribution in [-0.2, 0) is 16.6 Å². The highest BCUT2D eigenvalue weighted by Gasteiger charge is 2.55. The zero-order valence-electron chi connectivity index (χ0n) is 15.3. The molecule has 2 fully saturated rings. The van der Waals surface area contributed by atoms with Crippen LogP contribution in [0, 0.1) is 12.8 Å². The lowest BCUT2D eigenvalue weighted by molar-refractivity contribution is -0.136. The van der Waals surface area contributed by atoms with Gasteiger partial charge in [-0.15, -0.1) is 0 Å². The molecular weight excluding hydrogens is 336 g/mol. The van der Waals surface area contributed by atoms with E-state index in [2.05, 4.69) is 10.6 Å². The van der Waals surface area contributed by atoms with Gasteiger partial charge in [0.25, 0.3) is 11.5 Å². The molecule has 2 N–H and O–H groups in total. The molecule has 1 aliphatic heterocycles. The summed E-state index contributed by atoms with van der Waals surface area (Å²) in [6, 6.07) is 0.901. The van der Waals surface area contributed by atoms with Crippen LogP contribution in [0.4, 0.5) is 10.5 Å². The molecule has 0 bridgehead atoms. The zero-order valence-corrected chi connectivity index (χ0v) is 15.3. The number of imide groups is 1. The van der Waals surface area contributed by atoms with Crippen LogP contribution in [0.25, 0.3) is 0 Å². The maximum absolute atomic E-state index is 12.9. The highest BCUT2D eigenvalue weighted by molar-refractivity contribution is 6.10. The molecule has 2 heterocycles. The number of hydrogen-bond donors (Lipinski definition) is 2. The molecule has 1 aliphatic carbocycles. The van der Waals surface area contributed by atoms with Gasteiger partial charge in [0.2, 0.25) is 5.91 Å². The van der Waals surface area contributed by atoms with Crippen molar-refractivity contribution in [3.8, 4) is 0 Å². The molecule has 140 valence electrons. The minimum Gasteiger partial charge on any atom is -0.323 e. The molecule has 1 aromatic heterocycles. The molecule has 1 saturated heterocycles. The van der Waals surface area contributed by atoms with E-state index in [-0.39, 0.29) is 23.9 Å². The SMILES string of the molecule is Cc1cc(=O)n(C)cc1NC(=O)CN1C(=O)N[C@@]2(CCCC[C@H]2C)C1=O. The van der Waals surface area contributed by atoms with Crippen LogP contribution in [-0.4, -0.2) is 39.4 Å². The van der Waals surface area contributed by atoms with Crippen LogP contribution in [0.3, 0.4) is 0 Å². The van der Waals surface area contributed by atoms with E-state index in [0.717, 1.165) is 24.2 Å². The minimum absolute atomic E-state index is 0.0478.